The summed E-state index contributed by atoms with van der Waals surface area (Å²) in [6.07, 6.45) is 0. The zero-order valence-electron chi connectivity index (χ0n) is 8.33. The first kappa shape index (κ1) is 11.8. The summed E-state index contributed by atoms with van der Waals surface area (Å²) in [5, 5.41) is 0. The van der Waals surface area contributed by atoms with Crippen LogP contribution in [0, 0.1) is 0 Å². The maximum absolute atomic E-state index is 11.0. The van der Waals surface area contributed by atoms with Crippen LogP contribution in [0.15, 0.2) is 22.7 Å². The van der Waals surface area contributed by atoms with E-state index in [4.69, 9.17) is 15.2 Å². The van der Waals surface area contributed by atoms with Gasteiger partial charge in [-0.3, -0.25) is 0 Å². The first-order valence-corrected chi connectivity index (χ1v) is 5.26. The summed E-state index contributed by atoms with van der Waals surface area (Å²) in [5.74, 6) is 0.179. The van der Waals surface area contributed by atoms with Gasteiger partial charge >= 0.3 is 5.97 Å². The molecule has 82 valence electrons. The lowest BCUT2D eigenvalue weighted by Gasteiger charge is -2.07. The van der Waals surface area contributed by atoms with Crippen molar-refractivity contribution < 1.29 is 14.3 Å². The SMILES string of the molecule is CCOC(=O)COc1ccc(N)cc1Br. The molecule has 1 rings (SSSR count). The number of hydrogen-bond donors (Lipinski definition) is 1. The van der Waals surface area contributed by atoms with Crippen molar-refractivity contribution in [3.05, 3.63) is 22.7 Å². The third-order valence-corrected chi connectivity index (χ3v) is 2.23. The van der Waals surface area contributed by atoms with Gasteiger partial charge in [-0.05, 0) is 41.1 Å². The maximum Gasteiger partial charge on any atom is 0.344 e. The number of carbonyl (C=O) groups is 1. The molecule has 4 nitrogen and oxygen atoms in total. The summed E-state index contributed by atoms with van der Waals surface area (Å²) in [7, 11) is 0. The van der Waals surface area contributed by atoms with Crippen molar-refractivity contribution >= 4 is 27.6 Å². The number of nitrogens with two attached hydrogens (primary N) is 1. The van der Waals surface area contributed by atoms with Crippen molar-refractivity contribution in [2.75, 3.05) is 18.9 Å². The summed E-state index contributed by atoms with van der Waals surface area (Å²) in [5.41, 5.74) is 6.18. The van der Waals surface area contributed by atoms with E-state index in [2.05, 4.69) is 15.9 Å². The van der Waals surface area contributed by atoms with Gasteiger partial charge in [-0.1, -0.05) is 0 Å². The van der Waals surface area contributed by atoms with Crippen molar-refractivity contribution in [1.29, 1.82) is 0 Å². The van der Waals surface area contributed by atoms with Crippen LogP contribution in [0.3, 0.4) is 0 Å². The van der Waals surface area contributed by atoms with E-state index in [1.165, 1.54) is 0 Å². The zero-order valence-corrected chi connectivity index (χ0v) is 9.91. The number of anilines is 1. The minimum Gasteiger partial charge on any atom is -0.481 e. The highest BCUT2D eigenvalue weighted by atomic mass is 79.9. The van der Waals surface area contributed by atoms with E-state index in [1.807, 2.05) is 0 Å². The van der Waals surface area contributed by atoms with Crippen LogP contribution in [0.2, 0.25) is 0 Å². The van der Waals surface area contributed by atoms with E-state index in [0.717, 1.165) is 0 Å². The predicted octanol–water partition coefficient (Wildman–Crippen LogP) is 1.97. The zero-order chi connectivity index (χ0) is 11.3. The third-order valence-electron chi connectivity index (χ3n) is 1.61. The van der Waals surface area contributed by atoms with E-state index in [0.29, 0.717) is 22.5 Å². The fraction of sp³-hybridized carbons (Fsp3) is 0.300. The van der Waals surface area contributed by atoms with E-state index in [1.54, 1.807) is 25.1 Å². The van der Waals surface area contributed by atoms with Crippen molar-refractivity contribution in [3.8, 4) is 5.75 Å². The van der Waals surface area contributed by atoms with Gasteiger partial charge in [0.2, 0.25) is 0 Å². The van der Waals surface area contributed by atoms with Crippen LogP contribution in [0.1, 0.15) is 6.92 Å². The molecule has 0 aromatic heterocycles. The van der Waals surface area contributed by atoms with Crippen LogP contribution in [0.5, 0.6) is 5.75 Å². The second-order valence-electron chi connectivity index (χ2n) is 2.78. The first-order chi connectivity index (χ1) is 7.13. The van der Waals surface area contributed by atoms with Gasteiger partial charge < -0.3 is 15.2 Å². The lowest BCUT2D eigenvalue weighted by molar-refractivity contribution is -0.145. The Morgan fingerprint density at radius 2 is 2.27 bits per heavy atom. The molecular weight excluding hydrogens is 262 g/mol. The highest BCUT2D eigenvalue weighted by Gasteiger charge is 2.05. The largest absolute Gasteiger partial charge is 0.481 e. The highest BCUT2D eigenvalue weighted by Crippen LogP contribution is 2.26. The molecule has 0 saturated carbocycles. The molecule has 0 fully saturated rings. The Hall–Kier alpha value is -1.23. The Kier molecular flexibility index (Phi) is 4.42. The molecule has 0 heterocycles. The van der Waals surface area contributed by atoms with Gasteiger partial charge in [0.25, 0.3) is 0 Å². The van der Waals surface area contributed by atoms with Gasteiger partial charge in [0.15, 0.2) is 6.61 Å². The molecule has 5 heteroatoms. The molecule has 0 aliphatic carbocycles. The van der Waals surface area contributed by atoms with E-state index >= 15 is 0 Å². The highest BCUT2D eigenvalue weighted by molar-refractivity contribution is 9.10. The van der Waals surface area contributed by atoms with Crippen molar-refractivity contribution in [2.45, 2.75) is 6.92 Å². The van der Waals surface area contributed by atoms with Gasteiger partial charge in [-0.25, -0.2) is 4.79 Å². The van der Waals surface area contributed by atoms with Gasteiger partial charge in [-0.2, -0.15) is 0 Å². The fourth-order valence-corrected chi connectivity index (χ4v) is 1.48. The van der Waals surface area contributed by atoms with Gasteiger partial charge in [0.1, 0.15) is 5.75 Å². The number of carbonyl (C=O) groups excluding carboxylic acids is 1. The molecule has 0 saturated heterocycles. The average Bonchev–Trinajstić information content (AvgIpc) is 2.17. The van der Waals surface area contributed by atoms with Crippen LogP contribution in [-0.2, 0) is 9.53 Å². The van der Waals surface area contributed by atoms with Crippen molar-refractivity contribution in [2.24, 2.45) is 0 Å². The molecule has 0 radical (unpaired) electrons. The molecule has 0 unspecified atom stereocenters. The quantitative estimate of drug-likeness (QED) is 0.673. The molecule has 0 aliphatic rings. The molecule has 0 spiro atoms. The lowest BCUT2D eigenvalue weighted by atomic mass is 10.3. The number of esters is 1. The predicted molar refractivity (Wildman–Crippen MR) is 60.7 cm³/mol. The summed E-state index contributed by atoms with van der Waals surface area (Å²) in [6.45, 7) is 2.00. The Balaban J connectivity index is 2.54. The van der Waals surface area contributed by atoms with Crippen LogP contribution in [0.4, 0.5) is 5.69 Å². The monoisotopic (exact) mass is 273 g/mol. The fourth-order valence-electron chi connectivity index (χ4n) is 0.973. The smallest absolute Gasteiger partial charge is 0.344 e. The minimum atomic E-state index is -0.388. The first-order valence-electron chi connectivity index (χ1n) is 4.47. The summed E-state index contributed by atoms with van der Waals surface area (Å²) < 4.78 is 10.7. The molecule has 0 amide bonds. The van der Waals surface area contributed by atoms with Crippen molar-refractivity contribution in [1.82, 2.24) is 0 Å². The lowest BCUT2D eigenvalue weighted by Crippen LogP contribution is -2.14. The van der Waals surface area contributed by atoms with Crippen LogP contribution in [-0.4, -0.2) is 19.2 Å². The molecule has 0 bridgehead atoms. The summed E-state index contributed by atoms with van der Waals surface area (Å²) >= 11 is 3.28. The molecule has 1 aromatic rings. The molecule has 15 heavy (non-hydrogen) atoms. The molecule has 0 aliphatic heterocycles. The number of ether oxygens (including phenoxy) is 2. The van der Waals surface area contributed by atoms with Gasteiger partial charge in [-0.15, -0.1) is 0 Å². The molecule has 0 atom stereocenters. The molecule has 2 N–H and O–H groups in total. The second kappa shape index (κ2) is 5.60. The Morgan fingerprint density at radius 1 is 1.53 bits per heavy atom. The number of benzene rings is 1. The normalized spacial score (nSPS) is 9.73. The second-order valence-corrected chi connectivity index (χ2v) is 3.64. The van der Waals surface area contributed by atoms with Crippen LogP contribution in [0.25, 0.3) is 0 Å². The van der Waals surface area contributed by atoms with Gasteiger partial charge in [0, 0.05) is 5.69 Å². The number of rotatable bonds is 4. The Morgan fingerprint density at radius 3 is 2.87 bits per heavy atom. The summed E-state index contributed by atoms with van der Waals surface area (Å²) in [4.78, 5) is 11.0. The number of halogens is 1. The number of nitrogen functional groups attached to an aromatic ring is 1. The van der Waals surface area contributed by atoms with E-state index in [9.17, 15) is 4.79 Å². The number of hydrogen-bond acceptors (Lipinski definition) is 4. The van der Waals surface area contributed by atoms with Gasteiger partial charge in [0.05, 0.1) is 11.1 Å². The van der Waals surface area contributed by atoms with Crippen molar-refractivity contribution in [3.63, 3.8) is 0 Å². The summed E-state index contributed by atoms with van der Waals surface area (Å²) in [6, 6.07) is 5.10. The molecular formula is C10H12BrNO3. The minimum absolute atomic E-state index is 0.101. The third kappa shape index (κ3) is 3.79. The molecule has 1 aromatic carbocycles. The topological polar surface area (TPSA) is 61.5 Å². The average molecular weight is 274 g/mol. The van der Waals surface area contributed by atoms with E-state index < -0.39 is 0 Å². The van der Waals surface area contributed by atoms with Crippen LogP contribution < -0.4 is 10.5 Å². The Bertz CT molecular complexity index is 355. The Labute approximate surface area is 96.5 Å². The standard InChI is InChI=1S/C10H12BrNO3/c1-2-14-10(13)6-15-9-4-3-7(12)5-8(9)11/h3-5H,2,6,12H2,1H3. The van der Waals surface area contributed by atoms with Crippen LogP contribution >= 0.6 is 15.9 Å². The maximum atomic E-state index is 11.0. The van der Waals surface area contributed by atoms with E-state index in [-0.39, 0.29) is 12.6 Å².